The summed E-state index contributed by atoms with van der Waals surface area (Å²) in [6.45, 7) is 4.62. The maximum absolute atomic E-state index is 13.1. The van der Waals surface area contributed by atoms with E-state index >= 15 is 0 Å². The number of rotatable bonds is 9. The summed E-state index contributed by atoms with van der Waals surface area (Å²) in [6.07, 6.45) is 0.615. The third-order valence-electron chi connectivity index (χ3n) is 5.38. The molecule has 1 atom stereocenters. The third kappa shape index (κ3) is 5.15. The van der Waals surface area contributed by atoms with E-state index in [1.807, 2.05) is 44.2 Å². The largest absolute Gasteiger partial charge is 0.507 e. The molecule has 0 bridgehead atoms. The van der Waals surface area contributed by atoms with Crippen LogP contribution in [0.25, 0.3) is 5.76 Å². The van der Waals surface area contributed by atoms with E-state index in [2.05, 4.69) is 0 Å². The number of Topliss-reactive ketones (excluding diaryl/α,β-unsaturated/α-hetero) is 1. The molecule has 1 saturated heterocycles. The first-order chi connectivity index (χ1) is 15.8. The number of ether oxygens (including phenoxy) is 3. The van der Waals surface area contributed by atoms with Crippen LogP contribution in [-0.4, -0.2) is 55.2 Å². The number of ketones is 1. The number of benzene rings is 2. The summed E-state index contributed by atoms with van der Waals surface area (Å²) >= 11 is 6.28. The first kappa shape index (κ1) is 24.6. The second kappa shape index (κ2) is 10.7. The molecule has 0 radical (unpaired) electrons. The zero-order valence-electron chi connectivity index (χ0n) is 19.1. The molecule has 3 rings (SSSR count). The zero-order chi connectivity index (χ0) is 24.1. The molecule has 0 aromatic heterocycles. The van der Waals surface area contributed by atoms with Gasteiger partial charge in [0.1, 0.15) is 17.3 Å². The van der Waals surface area contributed by atoms with Crippen molar-refractivity contribution in [3.63, 3.8) is 0 Å². The van der Waals surface area contributed by atoms with Crippen molar-refractivity contribution >= 4 is 29.1 Å². The first-order valence-corrected chi connectivity index (χ1v) is 11.0. The van der Waals surface area contributed by atoms with Gasteiger partial charge in [-0.15, -0.1) is 0 Å². The minimum atomic E-state index is -0.764. The van der Waals surface area contributed by atoms with E-state index in [1.54, 1.807) is 0 Å². The minimum Gasteiger partial charge on any atom is -0.507 e. The highest BCUT2D eigenvalue weighted by atomic mass is 35.5. The van der Waals surface area contributed by atoms with Gasteiger partial charge < -0.3 is 24.2 Å². The number of carbonyl (C=O) groups is 2. The Bertz CT molecular complexity index is 1050. The number of aliphatic hydroxyl groups is 1. The molecule has 8 heteroatoms. The lowest BCUT2D eigenvalue weighted by molar-refractivity contribution is -0.140. The number of aliphatic hydroxyl groups excluding tert-OH is 1. The number of likely N-dealkylation sites (tertiary alicyclic amines) is 1. The van der Waals surface area contributed by atoms with Crippen molar-refractivity contribution in [3.8, 4) is 11.5 Å². The third-order valence-corrected chi connectivity index (χ3v) is 5.67. The molecule has 1 amide bonds. The average molecular weight is 474 g/mol. The highest BCUT2D eigenvalue weighted by Crippen LogP contribution is 2.43. The Morgan fingerprint density at radius 3 is 2.36 bits per heavy atom. The second-order valence-corrected chi connectivity index (χ2v) is 8.27. The van der Waals surface area contributed by atoms with Gasteiger partial charge in [0.05, 0.1) is 42.5 Å². The van der Waals surface area contributed by atoms with Crippen molar-refractivity contribution in [2.24, 2.45) is 0 Å². The van der Waals surface area contributed by atoms with Crippen LogP contribution in [0.1, 0.15) is 37.4 Å². The van der Waals surface area contributed by atoms with E-state index in [1.165, 1.54) is 31.3 Å². The van der Waals surface area contributed by atoms with E-state index in [9.17, 15) is 14.7 Å². The van der Waals surface area contributed by atoms with Crippen LogP contribution in [0.15, 0.2) is 48.0 Å². The lowest BCUT2D eigenvalue weighted by atomic mass is 9.95. The van der Waals surface area contributed by atoms with Gasteiger partial charge in [0.25, 0.3) is 11.7 Å². The van der Waals surface area contributed by atoms with Crippen molar-refractivity contribution in [1.29, 1.82) is 0 Å². The first-order valence-electron chi connectivity index (χ1n) is 10.7. The molecular weight excluding hydrogens is 446 g/mol. The molecular formula is C25H28ClNO6. The Hall–Kier alpha value is -3.03. The molecule has 2 aromatic rings. The normalized spacial score (nSPS) is 17.6. The smallest absolute Gasteiger partial charge is 0.295 e. The molecule has 1 unspecified atom stereocenters. The van der Waals surface area contributed by atoms with Crippen molar-refractivity contribution < 1.29 is 28.9 Å². The minimum absolute atomic E-state index is 0.0180. The predicted octanol–water partition coefficient (Wildman–Crippen LogP) is 4.59. The summed E-state index contributed by atoms with van der Waals surface area (Å²) in [5.41, 5.74) is 0.891. The van der Waals surface area contributed by atoms with Gasteiger partial charge in [0, 0.05) is 19.2 Å². The van der Waals surface area contributed by atoms with Gasteiger partial charge in [-0.2, -0.15) is 0 Å². The molecule has 1 N–H and O–H groups in total. The number of methoxy groups -OCH3 is 2. The van der Waals surface area contributed by atoms with Crippen LogP contribution >= 0.6 is 11.6 Å². The van der Waals surface area contributed by atoms with E-state index in [-0.39, 0.29) is 33.8 Å². The van der Waals surface area contributed by atoms with E-state index in [4.69, 9.17) is 25.8 Å². The van der Waals surface area contributed by atoms with E-state index < -0.39 is 17.7 Å². The molecule has 1 heterocycles. The number of carbonyl (C=O) groups excluding carboxylic acids is 2. The molecule has 2 aromatic carbocycles. The van der Waals surface area contributed by atoms with E-state index in [0.29, 0.717) is 30.9 Å². The average Bonchev–Trinajstić information content (AvgIpc) is 3.06. The number of amides is 1. The highest BCUT2D eigenvalue weighted by Gasteiger charge is 2.46. The fraction of sp³-hybridized carbons (Fsp3) is 0.360. The Labute approximate surface area is 198 Å². The zero-order valence-corrected chi connectivity index (χ0v) is 19.9. The summed E-state index contributed by atoms with van der Waals surface area (Å²) < 4.78 is 16.2. The summed E-state index contributed by atoms with van der Waals surface area (Å²) in [5.74, 6) is -1.18. The maximum atomic E-state index is 13.1. The number of halogens is 1. The summed E-state index contributed by atoms with van der Waals surface area (Å²) in [6, 6.07) is 11.4. The number of hydrogen-bond acceptors (Lipinski definition) is 6. The molecule has 1 fully saturated rings. The molecule has 0 saturated carbocycles. The van der Waals surface area contributed by atoms with Crippen LogP contribution in [0.5, 0.6) is 11.5 Å². The van der Waals surface area contributed by atoms with Crippen LogP contribution in [-0.2, 0) is 14.3 Å². The van der Waals surface area contributed by atoms with Crippen LogP contribution in [0.3, 0.4) is 0 Å². The lowest BCUT2D eigenvalue weighted by Gasteiger charge is -2.25. The van der Waals surface area contributed by atoms with Gasteiger partial charge in [-0.1, -0.05) is 41.9 Å². The number of nitrogens with zero attached hydrogens (tertiary/aromatic N) is 1. The Balaban J connectivity index is 2.10. The fourth-order valence-corrected chi connectivity index (χ4v) is 4.08. The summed E-state index contributed by atoms with van der Waals surface area (Å²) in [5, 5.41) is 11.5. The van der Waals surface area contributed by atoms with E-state index in [0.717, 1.165) is 0 Å². The second-order valence-electron chi connectivity index (χ2n) is 7.86. The highest BCUT2D eigenvalue weighted by molar-refractivity contribution is 6.46. The Kier molecular flexibility index (Phi) is 8.00. The SMILES string of the molecule is COc1cc(OC)c(/C(O)=C2\C(=O)C(=O)N(CCCOC(C)C)C2c2ccccc2)cc1Cl. The molecule has 176 valence electrons. The van der Waals surface area contributed by atoms with Gasteiger partial charge in [0.15, 0.2) is 0 Å². The van der Waals surface area contributed by atoms with Crippen molar-refractivity contribution in [2.45, 2.75) is 32.4 Å². The summed E-state index contributed by atoms with van der Waals surface area (Å²) in [7, 11) is 2.89. The maximum Gasteiger partial charge on any atom is 0.295 e. The van der Waals surface area contributed by atoms with Gasteiger partial charge in [0.2, 0.25) is 0 Å². The molecule has 7 nitrogen and oxygen atoms in total. The lowest BCUT2D eigenvalue weighted by Crippen LogP contribution is -2.31. The molecule has 1 aliphatic rings. The summed E-state index contributed by atoms with van der Waals surface area (Å²) in [4.78, 5) is 27.6. The Morgan fingerprint density at radius 2 is 1.76 bits per heavy atom. The van der Waals surface area contributed by atoms with Crippen LogP contribution in [0.2, 0.25) is 5.02 Å². The van der Waals surface area contributed by atoms with Crippen molar-refractivity contribution in [2.75, 3.05) is 27.4 Å². The molecule has 33 heavy (non-hydrogen) atoms. The van der Waals surface area contributed by atoms with Gasteiger partial charge in [-0.25, -0.2) is 0 Å². The predicted molar refractivity (Wildman–Crippen MR) is 126 cm³/mol. The van der Waals surface area contributed by atoms with Crippen LogP contribution < -0.4 is 9.47 Å². The molecule has 0 aliphatic carbocycles. The topological polar surface area (TPSA) is 85.3 Å². The standard InChI is InChI=1S/C25H28ClNO6/c1-15(2)33-12-8-11-27-22(16-9-6-5-7-10-16)21(24(29)25(27)30)23(28)17-13-18(26)20(32-4)14-19(17)31-3/h5-7,9-10,13-15,22,28H,8,11-12H2,1-4H3/b23-21+. The monoisotopic (exact) mass is 473 g/mol. The van der Waals surface area contributed by atoms with Crippen molar-refractivity contribution in [3.05, 3.63) is 64.2 Å². The van der Waals surface area contributed by atoms with Crippen LogP contribution in [0, 0.1) is 0 Å². The van der Waals surface area contributed by atoms with Crippen LogP contribution in [0.4, 0.5) is 0 Å². The quantitative estimate of drug-likeness (QED) is 0.248. The Morgan fingerprint density at radius 1 is 1.09 bits per heavy atom. The molecule has 1 aliphatic heterocycles. The van der Waals surface area contributed by atoms with Crippen molar-refractivity contribution in [1.82, 2.24) is 4.90 Å². The van der Waals surface area contributed by atoms with Gasteiger partial charge >= 0.3 is 0 Å². The number of hydrogen-bond donors (Lipinski definition) is 1. The fourth-order valence-electron chi connectivity index (χ4n) is 3.84. The molecule has 0 spiro atoms. The van der Waals surface area contributed by atoms with Gasteiger partial charge in [-0.05, 0) is 31.9 Å². The van der Waals surface area contributed by atoms with Gasteiger partial charge in [-0.3, -0.25) is 9.59 Å².